The van der Waals surface area contributed by atoms with Crippen molar-refractivity contribution in [3.63, 3.8) is 0 Å². The van der Waals surface area contributed by atoms with Gasteiger partial charge in [0.2, 0.25) is 0 Å². The molecule has 1 radical (unpaired) electrons. The molecule has 157 valence electrons. The summed E-state index contributed by atoms with van der Waals surface area (Å²) in [6.45, 7) is 0.0412. The number of hydrogen-bond acceptors (Lipinski definition) is 4. The monoisotopic (exact) mass is 412 g/mol. The third kappa shape index (κ3) is 4.33. The Morgan fingerprint density at radius 1 is 1.07 bits per heavy atom. The molecule has 2 atom stereocenters. The van der Waals surface area contributed by atoms with Crippen molar-refractivity contribution in [2.24, 2.45) is 0 Å². The largest absolute Gasteiger partial charge is 0.393 e. The first-order chi connectivity index (χ1) is 14.0. The molecule has 0 bridgehead atoms. The van der Waals surface area contributed by atoms with Crippen LogP contribution >= 0.6 is 0 Å². The number of halogens is 4. The molecule has 1 heterocycles. The average Bonchev–Trinajstić information content (AvgIpc) is 3.46. The van der Waals surface area contributed by atoms with E-state index in [1.165, 1.54) is 6.07 Å². The van der Waals surface area contributed by atoms with Crippen LogP contribution in [0.2, 0.25) is 0 Å². The van der Waals surface area contributed by atoms with E-state index in [0.29, 0.717) is 30.6 Å². The number of nitrogens with zero attached hydrogens (tertiary/aromatic N) is 1. The SMILES string of the molecule is O[C@H]1[CH]C[C@H](OCc2c(-c3c(C(F)F)cccc3C(F)F)noc2C2CC2)CC1. The first-order valence-electron chi connectivity index (χ1n) is 9.76. The molecule has 8 heteroatoms. The first-order valence-corrected chi connectivity index (χ1v) is 9.76. The van der Waals surface area contributed by atoms with Gasteiger partial charge in [0.05, 0.1) is 18.8 Å². The number of aliphatic hydroxyl groups excluding tert-OH is 1. The zero-order chi connectivity index (χ0) is 20.5. The summed E-state index contributed by atoms with van der Waals surface area (Å²) in [5.74, 6) is 0.646. The third-order valence-corrected chi connectivity index (χ3v) is 5.52. The highest BCUT2D eigenvalue weighted by Gasteiger charge is 2.35. The molecule has 1 N–H and O–H groups in total. The number of alkyl halides is 4. The third-order valence-electron chi connectivity index (χ3n) is 5.52. The van der Waals surface area contributed by atoms with Gasteiger partial charge in [0.1, 0.15) is 11.5 Å². The lowest BCUT2D eigenvalue weighted by atomic mass is 9.94. The van der Waals surface area contributed by atoms with E-state index in [0.717, 1.165) is 25.0 Å². The van der Waals surface area contributed by atoms with Gasteiger partial charge in [-0.25, -0.2) is 17.6 Å². The van der Waals surface area contributed by atoms with Crippen LogP contribution in [-0.4, -0.2) is 22.5 Å². The van der Waals surface area contributed by atoms with Crippen molar-refractivity contribution in [3.8, 4) is 11.3 Å². The Kier molecular flexibility index (Phi) is 5.92. The van der Waals surface area contributed by atoms with Crippen molar-refractivity contribution in [2.75, 3.05) is 0 Å². The van der Waals surface area contributed by atoms with E-state index in [1.807, 2.05) is 0 Å². The Morgan fingerprint density at radius 3 is 2.31 bits per heavy atom. The maximum absolute atomic E-state index is 13.6. The van der Waals surface area contributed by atoms with Gasteiger partial charge in [-0.2, -0.15) is 0 Å². The van der Waals surface area contributed by atoms with Crippen LogP contribution in [0, 0.1) is 6.42 Å². The molecule has 0 spiro atoms. The maximum Gasteiger partial charge on any atom is 0.264 e. The quantitative estimate of drug-likeness (QED) is 0.590. The maximum atomic E-state index is 13.6. The molecule has 1 aromatic carbocycles. The molecule has 0 saturated heterocycles. The Labute approximate surface area is 165 Å². The minimum absolute atomic E-state index is 0.0120. The minimum Gasteiger partial charge on any atom is -0.393 e. The topological polar surface area (TPSA) is 55.5 Å². The van der Waals surface area contributed by atoms with Crippen molar-refractivity contribution in [1.29, 1.82) is 0 Å². The first kappa shape index (κ1) is 20.3. The van der Waals surface area contributed by atoms with Gasteiger partial charge in [-0.1, -0.05) is 23.4 Å². The molecule has 0 amide bonds. The number of ether oxygens (including phenoxy) is 1. The van der Waals surface area contributed by atoms with Crippen molar-refractivity contribution in [2.45, 2.75) is 69.7 Å². The molecule has 4 rings (SSSR count). The van der Waals surface area contributed by atoms with Crippen LogP contribution in [0.15, 0.2) is 22.7 Å². The van der Waals surface area contributed by atoms with Gasteiger partial charge in [-0.05, 0) is 38.5 Å². The van der Waals surface area contributed by atoms with Crippen LogP contribution in [0.5, 0.6) is 0 Å². The second-order valence-electron chi connectivity index (χ2n) is 7.61. The Balaban J connectivity index is 1.70. The highest BCUT2D eigenvalue weighted by atomic mass is 19.3. The highest BCUT2D eigenvalue weighted by molar-refractivity contribution is 5.72. The van der Waals surface area contributed by atoms with E-state index < -0.39 is 30.1 Å². The minimum atomic E-state index is -2.92. The molecule has 2 saturated carbocycles. The second-order valence-corrected chi connectivity index (χ2v) is 7.61. The summed E-state index contributed by atoms with van der Waals surface area (Å²) >= 11 is 0. The molecule has 2 fully saturated rings. The second kappa shape index (κ2) is 8.44. The predicted molar refractivity (Wildman–Crippen MR) is 96.6 cm³/mol. The molecule has 0 aliphatic heterocycles. The van der Waals surface area contributed by atoms with Crippen molar-refractivity contribution in [1.82, 2.24) is 5.16 Å². The number of benzene rings is 1. The van der Waals surface area contributed by atoms with Crippen LogP contribution in [-0.2, 0) is 11.3 Å². The van der Waals surface area contributed by atoms with Crippen LogP contribution in [0.25, 0.3) is 11.3 Å². The molecule has 2 aromatic rings. The van der Waals surface area contributed by atoms with Gasteiger partial charge in [-0.15, -0.1) is 0 Å². The van der Waals surface area contributed by atoms with Crippen LogP contribution in [0.4, 0.5) is 17.6 Å². The van der Waals surface area contributed by atoms with Crippen molar-refractivity contribution >= 4 is 0 Å². The molecule has 2 aliphatic carbocycles. The lowest BCUT2D eigenvalue weighted by molar-refractivity contribution is 0.00675. The van der Waals surface area contributed by atoms with E-state index in [1.54, 1.807) is 6.42 Å². The van der Waals surface area contributed by atoms with Gasteiger partial charge < -0.3 is 14.4 Å². The van der Waals surface area contributed by atoms with Crippen molar-refractivity contribution < 1.29 is 31.9 Å². The summed E-state index contributed by atoms with van der Waals surface area (Å²) in [7, 11) is 0. The van der Waals surface area contributed by atoms with E-state index >= 15 is 0 Å². The van der Waals surface area contributed by atoms with Gasteiger partial charge in [0, 0.05) is 28.2 Å². The number of aromatic nitrogens is 1. The summed E-state index contributed by atoms with van der Waals surface area (Å²) in [5.41, 5.74) is -0.772. The highest BCUT2D eigenvalue weighted by Crippen LogP contribution is 2.46. The predicted octanol–water partition coefficient (Wildman–Crippen LogP) is 5.73. The van der Waals surface area contributed by atoms with E-state index in [2.05, 4.69) is 5.16 Å². The number of hydrogen-bond donors (Lipinski definition) is 1. The summed E-state index contributed by atoms with van der Waals surface area (Å²) in [4.78, 5) is 0. The van der Waals surface area contributed by atoms with E-state index in [4.69, 9.17) is 9.26 Å². The molecular formula is C21H22F4NO3. The molecule has 1 aromatic heterocycles. The fraction of sp³-hybridized carbons (Fsp3) is 0.524. The van der Waals surface area contributed by atoms with Gasteiger partial charge in [0.25, 0.3) is 12.9 Å². The fourth-order valence-corrected chi connectivity index (χ4v) is 3.80. The van der Waals surface area contributed by atoms with Gasteiger partial charge in [0.15, 0.2) is 0 Å². The molecule has 4 nitrogen and oxygen atoms in total. The van der Waals surface area contributed by atoms with Crippen LogP contribution in [0.1, 0.15) is 73.3 Å². The molecule has 2 aliphatic rings. The van der Waals surface area contributed by atoms with Gasteiger partial charge in [-0.3, -0.25) is 0 Å². The smallest absolute Gasteiger partial charge is 0.264 e. The summed E-state index contributed by atoms with van der Waals surface area (Å²) in [6.07, 6.45) is -1.09. The van der Waals surface area contributed by atoms with Crippen LogP contribution in [0.3, 0.4) is 0 Å². The number of rotatable bonds is 7. The Bertz CT molecular complexity index is 816. The zero-order valence-corrected chi connectivity index (χ0v) is 15.7. The normalized spacial score (nSPS) is 22.6. The van der Waals surface area contributed by atoms with E-state index in [9.17, 15) is 22.7 Å². The van der Waals surface area contributed by atoms with Gasteiger partial charge >= 0.3 is 0 Å². The van der Waals surface area contributed by atoms with Crippen LogP contribution < -0.4 is 0 Å². The summed E-state index contributed by atoms with van der Waals surface area (Å²) < 4.78 is 65.8. The Hall–Kier alpha value is -1.93. The standard InChI is InChI=1S/C21H22F4NO3/c22-20(23)14-2-1-3-15(21(24)25)17(14)18-16(19(29-26-18)11-4-5-11)10-28-13-8-6-12(27)7-9-13/h1-3,6,11-13,20-21,27H,4-5,7-10H2/t12-,13-/m0/s1. The lowest BCUT2D eigenvalue weighted by Gasteiger charge is -2.25. The molecular weight excluding hydrogens is 390 g/mol. The zero-order valence-electron chi connectivity index (χ0n) is 15.7. The summed E-state index contributed by atoms with van der Waals surface area (Å²) in [6, 6.07) is 3.48. The van der Waals surface area contributed by atoms with Crippen molar-refractivity contribution in [3.05, 3.63) is 47.1 Å². The molecule has 29 heavy (non-hydrogen) atoms. The number of aliphatic hydroxyl groups is 1. The molecule has 0 unspecified atom stereocenters. The Morgan fingerprint density at radius 2 is 1.76 bits per heavy atom. The van der Waals surface area contributed by atoms with E-state index in [-0.39, 0.29) is 29.9 Å². The average molecular weight is 412 g/mol. The summed E-state index contributed by atoms with van der Waals surface area (Å²) in [5, 5.41) is 13.5. The lowest BCUT2D eigenvalue weighted by Crippen LogP contribution is -2.25. The fourth-order valence-electron chi connectivity index (χ4n) is 3.80.